The first-order valence-electron chi connectivity index (χ1n) is 10.2. The molecule has 1 saturated heterocycles. The van der Waals surface area contributed by atoms with Gasteiger partial charge in [-0.15, -0.1) is 0 Å². The van der Waals surface area contributed by atoms with Gasteiger partial charge in [0.25, 0.3) is 5.56 Å². The standard InChI is InChI=1S/C22H24N4O4S/c1-16-10-12-26(13-11-16)31(29,30)18-8-6-17(7-9-18)24-21(27)14-25-15-23-20-5-3-2-4-19(20)22(25)28/h2-9,15-16H,10-14H2,1H3,(H,24,27). The zero-order valence-corrected chi connectivity index (χ0v) is 18.0. The molecule has 1 fully saturated rings. The number of aromatic nitrogens is 2. The first kappa shape index (κ1) is 21.2. The third-order valence-corrected chi connectivity index (χ3v) is 7.48. The number of rotatable bonds is 5. The van der Waals surface area contributed by atoms with Gasteiger partial charge >= 0.3 is 0 Å². The van der Waals surface area contributed by atoms with Crippen molar-refractivity contribution in [1.82, 2.24) is 13.9 Å². The van der Waals surface area contributed by atoms with E-state index in [9.17, 15) is 18.0 Å². The molecule has 0 aliphatic carbocycles. The fraction of sp³-hybridized carbons (Fsp3) is 0.318. The van der Waals surface area contributed by atoms with Crippen molar-refractivity contribution in [1.29, 1.82) is 0 Å². The number of amides is 1. The van der Waals surface area contributed by atoms with E-state index < -0.39 is 15.9 Å². The third kappa shape index (κ3) is 4.52. The second kappa shape index (κ2) is 8.60. The number of carbonyl (C=O) groups excluding carboxylic acids is 1. The fourth-order valence-electron chi connectivity index (χ4n) is 3.66. The number of fused-ring (bicyclic) bond motifs is 1. The Kier molecular flexibility index (Phi) is 5.88. The largest absolute Gasteiger partial charge is 0.325 e. The average Bonchev–Trinajstić information content (AvgIpc) is 2.76. The van der Waals surface area contributed by atoms with Crippen LogP contribution in [0, 0.1) is 5.92 Å². The van der Waals surface area contributed by atoms with Gasteiger partial charge in [-0.3, -0.25) is 14.2 Å². The van der Waals surface area contributed by atoms with Crippen LogP contribution >= 0.6 is 0 Å². The number of hydrogen-bond donors (Lipinski definition) is 1. The molecule has 1 N–H and O–H groups in total. The molecular formula is C22H24N4O4S. The highest BCUT2D eigenvalue weighted by Crippen LogP contribution is 2.24. The van der Waals surface area contributed by atoms with Crippen molar-refractivity contribution < 1.29 is 13.2 Å². The highest BCUT2D eigenvalue weighted by Gasteiger charge is 2.27. The molecule has 0 spiro atoms. The summed E-state index contributed by atoms with van der Waals surface area (Å²) in [7, 11) is -3.54. The van der Waals surface area contributed by atoms with Gasteiger partial charge in [0.1, 0.15) is 6.54 Å². The summed E-state index contributed by atoms with van der Waals surface area (Å²) in [4.78, 5) is 29.3. The van der Waals surface area contributed by atoms with E-state index in [1.807, 2.05) is 0 Å². The van der Waals surface area contributed by atoms with Crippen LogP contribution in [0.3, 0.4) is 0 Å². The van der Waals surface area contributed by atoms with Crippen molar-refractivity contribution >= 4 is 32.5 Å². The van der Waals surface area contributed by atoms with Crippen LogP contribution in [-0.4, -0.2) is 41.3 Å². The van der Waals surface area contributed by atoms with Crippen LogP contribution in [0.1, 0.15) is 19.8 Å². The molecule has 162 valence electrons. The predicted molar refractivity (Wildman–Crippen MR) is 118 cm³/mol. The van der Waals surface area contributed by atoms with Gasteiger partial charge in [-0.1, -0.05) is 19.1 Å². The van der Waals surface area contributed by atoms with E-state index in [1.165, 1.54) is 27.3 Å². The van der Waals surface area contributed by atoms with E-state index in [0.29, 0.717) is 35.6 Å². The quantitative estimate of drug-likeness (QED) is 0.657. The molecular weight excluding hydrogens is 416 g/mol. The number of benzene rings is 2. The Bertz CT molecular complexity index is 1260. The second-order valence-electron chi connectivity index (χ2n) is 7.85. The van der Waals surface area contributed by atoms with Crippen molar-refractivity contribution in [3.8, 4) is 0 Å². The minimum Gasteiger partial charge on any atom is -0.325 e. The molecule has 1 aliphatic heterocycles. The van der Waals surface area contributed by atoms with Crippen LogP contribution in [0.5, 0.6) is 0 Å². The summed E-state index contributed by atoms with van der Waals surface area (Å²) in [5.74, 6) is 0.133. The Balaban J connectivity index is 1.44. The lowest BCUT2D eigenvalue weighted by atomic mass is 10.0. The van der Waals surface area contributed by atoms with Gasteiger partial charge in [-0.05, 0) is 55.2 Å². The van der Waals surface area contributed by atoms with E-state index in [-0.39, 0.29) is 17.0 Å². The van der Waals surface area contributed by atoms with Crippen LogP contribution in [-0.2, 0) is 21.4 Å². The van der Waals surface area contributed by atoms with E-state index in [2.05, 4.69) is 17.2 Å². The number of carbonyl (C=O) groups is 1. The lowest BCUT2D eigenvalue weighted by Crippen LogP contribution is -2.37. The van der Waals surface area contributed by atoms with Crippen molar-refractivity contribution in [2.75, 3.05) is 18.4 Å². The van der Waals surface area contributed by atoms with Gasteiger partial charge in [-0.25, -0.2) is 13.4 Å². The molecule has 0 bridgehead atoms. The first-order chi connectivity index (χ1) is 14.8. The molecule has 1 amide bonds. The molecule has 8 nitrogen and oxygen atoms in total. The highest BCUT2D eigenvalue weighted by atomic mass is 32.2. The maximum atomic E-state index is 12.8. The maximum Gasteiger partial charge on any atom is 0.261 e. The normalized spacial score (nSPS) is 15.8. The molecule has 2 aromatic carbocycles. The predicted octanol–water partition coefficient (Wildman–Crippen LogP) is 2.46. The van der Waals surface area contributed by atoms with Crippen LogP contribution in [0.4, 0.5) is 5.69 Å². The van der Waals surface area contributed by atoms with Gasteiger partial charge in [0.05, 0.1) is 22.1 Å². The van der Waals surface area contributed by atoms with Crippen LogP contribution in [0.25, 0.3) is 10.9 Å². The van der Waals surface area contributed by atoms with Crippen molar-refractivity contribution in [3.63, 3.8) is 0 Å². The summed E-state index contributed by atoms with van der Waals surface area (Å²) in [6.07, 6.45) is 3.06. The summed E-state index contributed by atoms with van der Waals surface area (Å²) in [5, 5.41) is 3.14. The topological polar surface area (TPSA) is 101 Å². The number of anilines is 1. The van der Waals surface area contributed by atoms with Crippen molar-refractivity contribution in [2.45, 2.75) is 31.2 Å². The maximum absolute atomic E-state index is 12.8. The second-order valence-corrected chi connectivity index (χ2v) is 9.79. The Hall–Kier alpha value is -3.04. The lowest BCUT2D eigenvalue weighted by Gasteiger charge is -2.29. The third-order valence-electron chi connectivity index (χ3n) is 5.56. The Labute approximate surface area is 180 Å². The van der Waals surface area contributed by atoms with Gasteiger partial charge < -0.3 is 5.32 Å². The van der Waals surface area contributed by atoms with Crippen molar-refractivity contribution in [3.05, 3.63) is 65.2 Å². The monoisotopic (exact) mass is 440 g/mol. The van der Waals surface area contributed by atoms with Gasteiger partial charge in [0.2, 0.25) is 15.9 Å². The summed E-state index contributed by atoms with van der Waals surface area (Å²) >= 11 is 0. The van der Waals surface area contributed by atoms with E-state index in [4.69, 9.17) is 0 Å². The van der Waals surface area contributed by atoms with Crippen molar-refractivity contribution in [2.24, 2.45) is 5.92 Å². The highest BCUT2D eigenvalue weighted by molar-refractivity contribution is 7.89. The van der Waals surface area contributed by atoms with Crippen LogP contribution in [0.2, 0.25) is 0 Å². The minimum absolute atomic E-state index is 0.192. The lowest BCUT2D eigenvalue weighted by molar-refractivity contribution is -0.116. The molecule has 31 heavy (non-hydrogen) atoms. The molecule has 0 radical (unpaired) electrons. The number of nitrogens with zero attached hydrogens (tertiary/aromatic N) is 3. The average molecular weight is 441 g/mol. The number of piperidine rings is 1. The van der Waals surface area contributed by atoms with E-state index in [0.717, 1.165) is 12.8 Å². The van der Waals surface area contributed by atoms with Gasteiger partial charge in [-0.2, -0.15) is 4.31 Å². The number of sulfonamides is 1. The summed E-state index contributed by atoms with van der Waals surface area (Å²) in [6.45, 7) is 2.99. The molecule has 2 heterocycles. The molecule has 9 heteroatoms. The van der Waals surface area contributed by atoms with Gasteiger partial charge in [0.15, 0.2) is 0 Å². The molecule has 1 aliphatic rings. The fourth-order valence-corrected chi connectivity index (χ4v) is 5.13. The summed E-state index contributed by atoms with van der Waals surface area (Å²) in [6, 6.07) is 13.0. The zero-order valence-electron chi connectivity index (χ0n) is 17.2. The zero-order chi connectivity index (χ0) is 22.0. The van der Waals surface area contributed by atoms with E-state index >= 15 is 0 Å². The number of nitrogens with one attached hydrogen (secondary N) is 1. The number of para-hydroxylation sites is 1. The molecule has 0 atom stereocenters. The molecule has 1 aromatic heterocycles. The van der Waals surface area contributed by atoms with Crippen LogP contribution < -0.4 is 10.9 Å². The Morgan fingerprint density at radius 2 is 1.77 bits per heavy atom. The minimum atomic E-state index is -3.54. The smallest absolute Gasteiger partial charge is 0.261 e. The summed E-state index contributed by atoms with van der Waals surface area (Å²) < 4.78 is 28.4. The Morgan fingerprint density at radius 1 is 1.10 bits per heavy atom. The van der Waals surface area contributed by atoms with E-state index in [1.54, 1.807) is 36.4 Å². The molecule has 4 rings (SSSR count). The summed E-state index contributed by atoms with van der Waals surface area (Å²) in [5.41, 5.74) is 0.736. The molecule has 0 saturated carbocycles. The molecule has 3 aromatic rings. The molecule has 0 unspecified atom stereocenters. The Morgan fingerprint density at radius 3 is 2.48 bits per heavy atom. The first-order valence-corrected chi connectivity index (χ1v) is 11.6. The van der Waals surface area contributed by atoms with Crippen LogP contribution in [0.15, 0.2) is 64.5 Å². The number of hydrogen-bond acceptors (Lipinski definition) is 5. The SMILES string of the molecule is CC1CCN(S(=O)(=O)c2ccc(NC(=O)Cn3cnc4ccccc4c3=O)cc2)CC1. The van der Waals surface area contributed by atoms with Gasteiger partial charge in [0, 0.05) is 18.8 Å².